The molecule has 1 atom stereocenters. The van der Waals surface area contributed by atoms with Crippen LogP contribution < -0.4 is 10.9 Å². The lowest BCUT2D eigenvalue weighted by atomic mass is 9.86. The van der Waals surface area contributed by atoms with Crippen LogP contribution in [0.1, 0.15) is 23.3 Å². The summed E-state index contributed by atoms with van der Waals surface area (Å²) in [5.41, 5.74) is 1.16. The minimum absolute atomic E-state index is 0.103. The van der Waals surface area contributed by atoms with Gasteiger partial charge in [-0.15, -0.1) is 17.9 Å². The van der Waals surface area contributed by atoms with Crippen molar-refractivity contribution in [2.45, 2.75) is 18.0 Å². The second-order valence-corrected chi connectivity index (χ2v) is 7.72. The molecule has 1 aliphatic heterocycles. The number of carbonyl (C=O) groups excluding carboxylic acids is 1. The summed E-state index contributed by atoms with van der Waals surface area (Å²) in [5, 5.41) is 5.52. The van der Waals surface area contributed by atoms with E-state index in [2.05, 4.69) is 28.4 Å². The van der Waals surface area contributed by atoms with Crippen molar-refractivity contribution in [1.82, 2.24) is 9.97 Å². The molecule has 0 radical (unpaired) electrons. The van der Waals surface area contributed by atoms with E-state index in [1.165, 1.54) is 29.2 Å². The minimum Gasteiger partial charge on any atom is -0.458 e. The Labute approximate surface area is 165 Å². The minimum atomic E-state index is -0.534. The summed E-state index contributed by atoms with van der Waals surface area (Å²) in [6.45, 7) is 9.13. The highest BCUT2D eigenvalue weighted by Crippen LogP contribution is 2.41. The maximum absolute atomic E-state index is 12.9. The molecule has 0 unspecified atom stereocenters. The van der Waals surface area contributed by atoms with Gasteiger partial charge in [-0.1, -0.05) is 36.6 Å². The third-order valence-electron chi connectivity index (χ3n) is 3.94. The second kappa shape index (κ2) is 8.41. The highest BCUT2D eigenvalue weighted by Gasteiger charge is 2.36. The number of allylic oxidation sites excluding steroid dienone is 1. The molecule has 0 aromatic carbocycles. The zero-order valence-electron chi connectivity index (χ0n) is 14.8. The number of nitrogens with one attached hydrogen (secondary N) is 2. The quantitative estimate of drug-likeness (QED) is 0.319. The lowest BCUT2D eigenvalue weighted by Crippen LogP contribution is -2.30. The Kier molecular flexibility index (Phi) is 5.98. The summed E-state index contributed by atoms with van der Waals surface area (Å²) in [6, 6.07) is 3.79. The van der Waals surface area contributed by atoms with Crippen LogP contribution in [-0.2, 0) is 9.53 Å². The maximum Gasteiger partial charge on any atom is 0.337 e. The molecule has 1 aliphatic rings. The van der Waals surface area contributed by atoms with Crippen LogP contribution >= 0.6 is 23.1 Å². The standard InChI is InChI=1S/C19H19N3O3S2/c1-4-8-25-18(24)13-11(3)20-16-15(14(13)12-7-6-10-26-12)17(23)22-19(21-16)27-9-5-2/h4-7,10,14H,1-2,8-9H2,3H3,(H2,20,21,22,23)/t14-/m0/s1. The van der Waals surface area contributed by atoms with Gasteiger partial charge < -0.3 is 15.0 Å². The van der Waals surface area contributed by atoms with E-state index < -0.39 is 11.9 Å². The van der Waals surface area contributed by atoms with Gasteiger partial charge in [0.05, 0.1) is 17.1 Å². The van der Waals surface area contributed by atoms with Gasteiger partial charge in [-0.25, -0.2) is 9.78 Å². The van der Waals surface area contributed by atoms with Crippen molar-refractivity contribution < 1.29 is 9.53 Å². The average molecular weight is 402 g/mol. The van der Waals surface area contributed by atoms with E-state index in [-0.39, 0.29) is 12.2 Å². The Morgan fingerprint density at radius 1 is 1.44 bits per heavy atom. The number of hydrogen-bond acceptors (Lipinski definition) is 7. The number of anilines is 1. The molecular weight excluding hydrogens is 382 g/mol. The smallest absolute Gasteiger partial charge is 0.337 e. The molecular formula is C19H19N3O3S2. The van der Waals surface area contributed by atoms with Crippen LogP contribution in [0, 0.1) is 0 Å². The Bertz CT molecular complexity index is 961. The molecule has 0 saturated carbocycles. The molecule has 0 bridgehead atoms. The van der Waals surface area contributed by atoms with E-state index in [4.69, 9.17) is 4.74 Å². The molecule has 3 heterocycles. The molecule has 27 heavy (non-hydrogen) atoms. The summed E-state index contributed by atoms with van der Waals surface area (Å²) < 4.78 is 5.26. The molecule has 0 spiro atoms. The Hall–Kier alpha value is -2.58. The molecule has 0 saturated heterocycles. The Morgan fingerprint density at radius 3 is 2.93 bits per heavy atom. The van der Waals surface area contributed by atoms with Crippen molar-refractivity contribution in [2.24, 2.45) is 0 Å². The van der Waals surface area contributed by atoms with Crippen molar-refractivity contribution in [2.75, 3.05) is 17.7 Å². The molecule has 2 N–H and O–H groups in total. The molecule has 140 valence electrons. The van der Waals surface area contributed by atoms with Crippen molar-refractivity contribution in [3.63, 3.8) is 0 Å². The van der Waals surface area contributed by atoms with E-state index in [0.717, 1.165) is 4.88 Å². The summed E-state index contributed by atoms with van der Waals surface area (Å²) in [7, 11) is 0. The Balaban J connectivity index is 2.13. The second-order valence-electron chi connectivity index (χ2n) is 5.73. The zero-order chi connectivity index (χ0) is 19.4. The third-order valence-corrected chi connectivity index (χ3v) is 5.74. The van der Waals surface area contributed by atoms with Gasteiger partial charge in [-0.2, -0.15) is 0 Å². The highest BCUT2D eigenvalue weighted by atomic mass is 32.2. The third kappa shape index (κ3) is 3.91. The SMILES string of the molecule is C=CCOC(=O)C1=C(C)Nc2nc(SCC=C)[nH]c(=O)c2[C@H]1c1cccs1. The van der Waals surface area contributed by atoms with Crippen LogP contribution in [0.3, 0.4) is 0 Å². The predicted octanol–water partition coefficient (Wildman–Crippen LogP) is 3.67. The fourth-order valence-corrected chi connectivity index (χ4v) is 4.30. The topological polar surface area (TPSA) is 84.1 Å². The van der Waals surface area contributed by atoms with E-state index in [1.54, 1.807) is 13.0 Å². The first-order valence-corrected chi connectivity index (χ1v) is 10.1. The van der Waals surface area contributed by atoms with Gasteiger partial charge in [0.25, 0.3) is 5.56 Å². The number of rotatable bonds is 7. The maximum atomic E-state index is 12.9. The number of thiophene rings is 1. The van der Waals surface area contributed by atoms with Crippen LogP contribution in [0.5, 0.6) is 0 Å². The van der Waals surface area contributed by atoms with Crippen molar-refractivity contribution in [3.05, 3.63) is 74.9 Å². The van der Waals surface area contributed by atoms with Crippen molar-refractivity contribution >= 4 is 34.9 Å². The molecule has 0 aliphatic carbocycles. The van der Waals surface area contributed by atoms with E-state index >= 15 is 0 Å². The first-order chi connectivity index (χ1) is 13.1. The van der Waals surface area contributed by atoms with Crippen LogP contribution in [0.25, 0.3) is 0 Å². The number of aromatic nitrogens is 2. The van der Waals surface area contributed by atoms with Gasteiger partial charge in [-0.3, -0.25) is 4.79 Å². The molecule has 2 aromatic heterocycles. The monoisotopic (exact) mass is 401 g/mol. The summed E-state index contributed by atoms with van der Waals surface area (Å²) in [6.07, 6.45) is 3.25. The molecule has 8 heteroatoms. The first kappa shape index (κ1) is 19.2. The van der Waals surface area contributed by atoms with Gasteiger partial charge in [-0.05, 0) is 18.4 Å². The number of hydrogen-bond donors (Lipinski definition) is 2. The fourth-order valence-electron chi connectivity index (χ4n) is 2.86. The van der Waals surface area contributed by atoms with Crippen LogP contribution in [0.4, 0.5) is 5.82 Å². The van der Waals surface area contributed by atoms with Crippen LogP contribution in [-0.4, -0.2) is 28.3 Å². The van der Waals surface area contributed by atoms with Crippen molar-refractivity contribution in [3.8, 4) is 0 Å². The largest absolute Gasteiger partial charge is 0.458 e. The van der Waals surface area contributed by atoms with E-state index in [1.807, 2.05) is 17.5 Å². The number of nitrogens with zero attached hydrogens (tertiary/aromatic N) is 1. The van der Waals surface area contributed by atoms with Gasteiger partial charge in [0.15, 0.2) is 5.16 Å². The molecule has 6 nitrogen and oxygen atoms in total. The average Bonchev–Trinajstić information content (AvgIpc) is 3.17. The predicted molar refractivity (Wildman–Crippen MR) is 109 cm³/mol. The molecule has 3 rings (SSSR count). The number of fused-ring (bicyclic) bond motifs is 1. The molecule has 2 aromatic rings. The lowest BCUT2D eigenvalue weighted by Gasteiger charge is -2.27. The summed E-state index contributed by atoms with van der Waals surface area (Å²) >= 11 is 2.86. The summed E-state index contributed by atoms with van der Waals surface area (Å²) in [5.74, 6) is 0.0764. The van der Waals surface area contributed by atoms with Crippen LogP contribution in [0.15, 0.2) is 64.0 Å². The zero-order valence-corrected chi connectivity index (χ0v) is 16.4. The number of esters is 1. The van der Waals surface area contributed by atoms with Gasteiger partial charge in [0.2, 0.25) is 0 Å². The van der Waals surface area contributed by atoms with Gasteiger partial charge >= 0.3 is 5.97 Å². The number of ether oxygens (including phenoxy) is 1. The summed E-state index contributed by atoms with van der Waals surface area (Å²) in [4.78, 5) is 33.8. The Morgan fingerprint density at radius 2 is 2.26 bits per heavy atom. The van der Waals surface area contributed by atoms with Crippen molar-refractivity contribution in [1.29, 1.82) is 0 Å². The molecule has 0 fully saturated rings. The van der Waals surface area contributed by atoms with E-state index in [9.17, 15) is 9.59 Å². The van der Waals surface area contributed by atoms with E-state index in [0.29, 0.717) is 33.6 Å². The number of thioether (sulfide) groups is 1. The lowest BCUT2D eigenvalue weighted by molar-refractivity contribution is -0.138. The van der Waals surface area contributed by atoms with Gasteiger partial charge in [0, 0.05) is 16.3 Å². The number of carbonyl (C=O) groups is 1. The normalized spacial score (nSPS) is 15.7. The first-order valence-electron chi connectivity index (χ1n) is 8.24. The molecule has 0 amide bonds. The highest BCUT2D eigenvalue weighted by molar-refractivity contribution is 7.99. The van der Waals surface area contributed by atoms with Crippen LogP contribution in [0.2, 0.25) is 0 Å². The number of aromatic amines is 1. The van der Waals surface area contributed by atoms with Gasteiger partial charge in [0.1, 0.15) is 12.4 Å². The number of H-pyrrole nitrogens is 1. The fraction of sp³-hybridized carbons (Fsp3) is 0.211.